The van der Waals surface area contributed by atoms with E-state index in [1.165, 1.54) is 6.39 Å². The summed E-state index contributed by atoms with van der Waals surface area (Å²) in [5.41, 5.74) is 3.39. The number of hydrogen-bond donors (Lipinski definition) is 3. The van der Waals surface area contributed by atoms with Gasteiger partial charge in [0.15, 0.2) is 12.2 Å². The number of benzene rings is 3. The summed E-state index contributed by atoms with van der Waals surface area (Å²) < 4.78 is 16.2. The Morgan fingerprint density at radius 3 is 2.51 bits per heavy atom. The number of hydrogen-bond acceptors (Lipinski definition) is 9. The number of ether oxygens (including phenoxy) is 2. The van der Waals surface area contributed by atoms with Crippen LogP contribution in [-0.2, 0) is 16.1 Å². The molecule has 12 heteroatoms. The lowest BCUT2D eigenvalue weighted by molar-refractivity contribution is 0.0356. The molecule has 0 saturated carbocycles. The quantitative estimate of drug-likeness (QED) is 0.209. The molecule has 3 N–H and O–H groups in total. The van der Waals surface area contributed by atoms with E-state index in [1.807, 2.05) is 36.4 Å². The van der Waals surface area contributed by atoms with Crippen LogP contribution in [0.3, 0.4) is 0 Å². The molecule has 1 aliphatic heterocycles. The number of methoxy groups -OCH3 is 1. The molecule has 43 heavy (non-hydrogen) atoms. The molecule has 224 valence electrons. The second-order valence-electron chi connectivity index (χ2n) is 9.68. The summed E-state index contributed by atoms with van der Waals surface area (Å²) in [5.74, 6) is 1.09. The van der Waals surface area contributed by atoms with Gasteiger partial charge in [0.2, 0.25) is 0 Å². The van der Waals surface area contributed by atoms with Crippen molar-refractivity contribution in [2.24, 2.45) is 0 Å². The third-order valence-corrected chi connectivity index (χ3v) is 6.74. The molecular formula is C31H34N6O6. The molecule has 1 saturated heterocycles. The molecule has 0 radical (unpaired) electrons. The molecule has 1 aliphatic rings. The van der Waals surface area contributed by atoms with Gasteiger partial charge in [-0.1, -0.05) is 30.3 Å². The molecule has 3 amide bonds. The third kappa shape index (κ3) is 8.47. The number of para-hydroxylation sites is 1. The average Bonchev–Trinajstić information content (AvgIpc) is 3.58. The maximum atomic E-state index is 12.8. The predicted molar refractivity (Wildman–Crippen MR) is 162 cm³/mol. The lowest BCUT2D eigenvalue weighted by atomic mass is 10.1. The molecule has 3 aromatic carbocycles. The van der Waals surface area contributed by atoms with Gasteiger partial charge in [-0.05, 0) is 42.0 Å². The first kappa shape index (κ1) is 29.4. The monoisotopic (exact) mass is 586 g/mol. The fourth-order valence-electron chi connectivity index (χ4n) is 4.56. The van der Waals surface area contributed by atoms with Gasteiger partial charge in [0.05, 0.1) is 44.3 Å². The summed E-state index contributed by atoms with van der Waals surface area (Å²) in [6, 6.07) is 21.5. The molecule has 0 unspecified atom stereocenters. The van der Waals surface area contributed by atoms with Gasteiger partial charge in [-0.15, -0.1) is 0 Å². The van der Waals surface area contributed by atoms with E-state index >= 15 is 0 Å². The van der Waals surface area contributed by atoms with Crippen LogP contribution in [-0.4, -0.2) is 68.5 Å². The highest BCUT2D eigenvalue weighted by Crippen LogP contribution is 2.32. The molecule has 4 aromatic rings. The number of urea groups is 1. The molecule has 12 nitrogen and oxygen atoms in total. The van der Waals surface area contributed by atoms with E-state index in [1.54, 1.807) is 54.8 Å². The Hall–Kier alpha value is -5.07. The lowest BCUT2D eigenvalue weighted by Gasteiger charge is -2.30. The smallest absolute Gasteiger partial charge is 0.431 e. The molecular weight excluding hydrogens is 552 g/mol. The SMILES string of the molecule is COc1cc(NC(=O)Nc2cccc(CNC(=O)ON(CCN3CCOCC3)c3ccccc3)c2)ccc1-c1cnco1. The van der Waals surface area contributed by atoms with Gasteiger partial charge in [-0.2, -0.15) is 0 Å². The zero-order valence-corrected chi connectivity index (χ0v) is 23.8. The molecule has 0 bridgehead atoms. The molecule has 1 fully saturated rings. The number of nitrogens with zero attached hydrogens (tertiary/aromatic N) is 3. The van der Waals surface area contributed by atoms with Crippen molar-refractivity contribution in [2.45, 2.75) is 6.54 Å². The summed E-state index contributed by atoms with van der Waals surface area (Å²) in [6.07, 6.45) is 2.35. The first-order valence-electron chi connectivity index (χ1n) is 13.9. The number of amides is 3. The number of aromatic nitrogens is 1. The van der Waals surface area contributed by atoms with Gasteiger partial charge in [0.1, 0.15) is 5.75 Å². The highest BCUT2D eigenvalue weighted by atomic mass is 16.7. The average molecular weight is 587 g/mol. The molecule has 0 aliphatic carbocycles. The van der Waals surface area contributed by atoms with Crippen molar-refractivity contribution < 1.29 is 28.3 Å². The molecule has 1 aromatic heterocycles. The van der Waals surface area contributed by atoms with Crippen LogP contribution in [0.1, 0.15) is 5.56 Å². The third-order valence-electron chi connectivity index (χ3n) is 6.74. The summed E-state index contributed by atoms with van der Waals surface area (Å²) >= 11 is 0. The number of carbonyl (C=O) groups excluding carboxylic acids is 2. The van der Waals surface area contributed by atoms with E-state index < -0.39 is 12.1 Å². The van der Waals surface area contributed by atoms with E-state index in [0.717, 1.165) is 30.9 Å². The number of morpholine rings is 1. The zero-order chi connectivity index (χ0) is 29.9. The molecule has 0 spiro atoms. The van der Waals surface area contributed by atoms with Crippen LogP contribution in [0.2, 0.25) is 0 Å². The van der Waals surface area contributed by atoms with Crippen LogP contribution in [0.15, 0.2) is 89.8 Å². The second kappa shape index (κ2) is 14.7. The van der Waals surface area contributed by atoms with Crippen LogP contribution in [0.5, 0.6) is 5.75 Å². The van der Waals surface area contributed by atoms with E-state index in [2.05, 4.69) is 25.8 Å². The number of hydroxylamine groups is 1. The Balaban J connectivity index is 1.13. The summed E-state index contributed by atoms with van der Waals surface area (Å²) in [6.45, 7) is 4.56. The van der Waals surface area contributed by atoms with Crippen molar-refractivity contribution in [3.05, 3.63) is 91.0 Å². The Kier molecular flexibility index (Phi) is 10.1. The summed E-state index contributed by atoms with van der Waals surface area (Å²) in [5, 5.41) is 10.0. The van der Waals surface area contributed by atoms with Gasteiger partial charge in [-0.25, -0.2) is 19.6 Å². The van der Waals surface area contributed by atoms with Crippen molar-refractivity contribution in [1.82, 2.24) is 15.2 Å². The number of carbonyl (C=O) groups is 2. The zero-order valence-electron chi connectivity index (χ0n) is 23.8. The fourth-order valence-corrected chi connectivity index (χ4v) is 4.56. The van der Waals surface area contributed by atoms with Crippen molar-refractivity contribution in [3.8, 4) is 17.1 Å². The Bertz CT molecular complexity index is 1480. The fraction of sp³-hybridized carbons (Fsp3) is 0.258. The molecule has 0 atom stereocenters. The van der Waals surface area contributed by atoms with E-state index in [-0.39, 0.29) is 6.54 Å². The maximum absolute atomic E-state index is 12.8. The number of nitrogens with one attached hydrogen (secondary N) is 3. The van der Waals surface area contributed by atoms with Gasteiger partial charge >= 0.3 is 12.1 Å². The van der Waals surface area contributed by atoms with Crippen LogP contribution in [0.25, 0.3) is 11.3 Å². The second-order valence-corrected chi connectivity index (χ2v) is 9.68. The molecule has 2 heterocycles. The summed E-state index contributed by atoms with van der Waals surface area (Å²) in [4.78, 5) is 37.4. The first-order chi connectivity index (χ1) is 21.1. The standard InChI is InChI=1S/C31H34N6O6/c1-40-28-19-25(10-11-27(28)29-21-32-22-42-29)35-30(38)34-24-7-5-6-23(18-24)20-33-31(39)43-37(26-8-3-2-4-9-26)13-12-36-14-16-41-17-15-36/h2-11,18-19,21-22H,12-17,20H2,1H3,(H,33,39)(H2,34,35,38). The maximum Gasteiger partial charge on any atom is 0.431 e. The number of anilines is 3. The van der Waals surface area contributed by atoms with E-state index in [0.29, 0.717) is 48.2 Å². The minimum atomic E-state index is -0.579. The van der Waals surface area contributed by atoms with Gasteiger partial charge in [-0.3, -0.25) is 4.90 Å². The Morgan fingerprint density at radius 2 is 1.77 bits per heavy atom. The number of oxazole rings is 1. The minimum absolute atomic E-state index is 0.211. The van der Waals surface area contributed by atoms with Crippen LogP contribution in [0, 0.1) is 0 Å². The topological polar surface area (TPSA) is 130 Å². The summed E-state index contributed by atoms with van der Waals surface area (Å²) in [7, 11) is 1.54. The van der Waals surface area contributed by atoms with Gasteiger partial charge < -0.3 is 34.7 Å². The number of rotatable bonds is 11. The lowest BCUT2D eigenvalue weighted by Crippen LogP contribution is -2.43. The van der Waals surface area contributed by atoms with Crippen LogP contribution in [0.4, 0.5) is 26.7 Å². The van der Waals surface area contributed by atoms with Crippen molar-refractivity contribution in [2.75, 3.05) is 62.2 Å². The first-order valence-corrected chi connectivity index (χ1v) is 13.9. The van der Waals surface area contributed by atoms with E-state index in [9.17, 15) is 9.59 Å². The van der Waals surface area contributed by atoms with Crippen molar-refractivity contribution in [1.29, 1.82) is 0 Å². The van der Waals surface area contributed by atoms with E-state index in [4.69, 9.17) is 18.7 Å². The normalized spacial score (nSPS) is 13.1. The van der Waals surface area contributed by atoms with Gasteiger partial charge in [0.25, 0.3) is 0 Å². The molecule has 5 rings (SSSR count). The Morgan fingerprint density at radius 1 is 0.977 bits per heavy atom. The highest BCUT2D eigenvalue weighted by molar-refractivity contribution is 6.00. The largest absolute Gasteiger partial charge is 0.496 e. The van der Waals surface area contributed by atoms with Gasteiger partial charge in [0, 0.05) is 43.6 Å². The van der Waals surface area contributed by atoms with Crippen LogP contribution < -0.4 is 25.8 Å². The minimum Gasteiger partial charge on any atom is -0.496 e. The predicted octanol–water partition coefficient (Wildman–Crippen LogP) is 4.97. The van der Waals surface area contributed by atoms with Crippen molar-refractivity contribution >= 4 is 29.2 Å². The highest BCUT2D eigenvalue weighted by Gasteiger charge is 2.17. The van der Waals surface area contributed by atoms with Crippen LogP contribution >= 0.6 is 0 Å². The Labute approximate surface area is 249 Å². The van der Waals surface area contributed by atoms with Crippen molar-refractivity contribution in [3.63, 3.8) is 0 Å².